The molecule has 1 heterocycles. The minimum absolute atomic E-state index is 0.316. The molecule has 0 fully saturated rings. The first-order valence-electron chi connectivity index (χ1n) is 10.6. The summed E-state index contributed by atoms with van der Waals surface area (Å²) in [7, 11) is 0. The Bertz CT molecular complexity index is 1280. The molecule has 1 unspecified atom stereocenters. The average molecular weight is 492 g/mol. The second kappa shape index (κ2) is 10.9. The highest BCUT2D eigenvalue weighted by atomic mass is 35.5. The molecule has 0 aliphatic heterocycles. The fourth-order valence-corrected chi connectivity index (χ4v) is 4.14. The molecule has 3 amide bonds. The summed E-state index contributed by atoms with van der Waals surface area (Å²) in [6.45, 7) is 1.90. The van der Waals surface area contributed by atoms with Crippen LogP contribution in [0.1, 0.15) is 11.1 Å². The highest BCUT2D eigenvalue weighted by molar-refractivity contribution is 7.18. The summed E-state index contributed by atoms with van der Waals surface area (Å²) in [6, 6.07) is 22.8. The number of anilines is 2. The van der Waals surface area contributed by atoms with Crippen molar-refractivity contribution in [3.63, 3.8) is 0 Å². The van der Waals surface area contributed by atoms with Crippen molar-refractivity contribution < 1.29 is 9.59 Å². The number of halogens is 1. The van der Waals surface area contributed by atoms with E-state index in [0.29, 0.717) is 27.3 Å². The van der Waals surface area contributed by atoms with Gasteiger partial charge in [-0.05, 0) is 36.2 Å². The van der Waals surface area contributed by atoms with Gasteiger partial charge in [-0.25, -0.2) is 4.79 Å². The van der Waals surface area contributed by atoms with E-state index in [1.54, 1.807) is 18.2 Å². The predicted octanol–water partition coefficient (Wildman–Crippen LogP) is 5.54. The minimum atomic E-state index is -0.825. The van der Waals surface area contributed by atoms with E-state index in [1.165, 1.54) is 11.3 Å². The Morgan fingerprint density at radius 3 is 2.35 bits per heavy atom. The topological polar surface area (TPSA) is 96.0 Å². The van der Waals surface area contributed by atoms with E-state index in [1.807, 2.05) is 67.6 Å². The molecule has 1 atom stereocenters. The maximum Gasteiger partial charge on any atom is 0.319 e. The zero-order valence-corrected chi connectivity index (χ0v) is 19.9. The maximum absolute atomic E-state index is 13.1. The number of hydrogen-bond donors (Lipinski definition) is 3. The smallest absolute Gasteiger partial charge is 0.319 e. The van der Waals surface area contributed by atoms with Crippen LogP contribution in [-0.4, -0.2) is 28.2 Å². The number of nitrogens with zero attached hydrogens (tertiary/aromatic N) is 2. The fraction of sp³-hybridized carbons (Fsp3) is 0.120. The SMILES string of the molecule is Cc1ccccc1NC(=O)NC(Cc1ccccc1)C(=O)Nc1nnc(-c2ccc(Cl)cc2)s1. The summed E-state index contributed by atoms with van der Waals surface area (Å²) in [4.78, 5) is 25.8. The fourth-order valence-electron chi connectivity index (χ4n) is 3.26. The molecule has 0 bridgehead atoms. The van der Waals surface area contributed by atoms with Crippen LogP contribution in [0.3, 0.4) is 0 Å². The molecule has 0 aliphatic rings. The van der Waals surface area contributed by atoms with Crippen LogP contribution in [0, 0.1) is 6.92 Å². The summed E-state index contributed by atoms with van der Waals surface area (Å²) in [6.07, 6.45) is 0.316. The van der Waals surface area contributed by atoms with Crippen LogP contribution >= 0.6 is 22.9 Å². The van der Waals surface area contributed by atoms with E-state index in [2.05, 4.69) is 26.1 Å². The third-order valence-corrected chi connectivity index (χ3v) is 6.18. The van der Waals surface area contributed by atoms with Crippen molar-refractivity contribution in [3.8, 4) is 10.6 Å². The van der Waals surface area contributed by atoms with Gasteiger partial charge in [0.05, 0.1) is 0 Å². The van der Waals surface area contributed by atoms with Gasteiger partial charge in [0.2, 0.25) is 11.0 Å². The number of amides is 3. The third kappa shape index (κ3) is 6.18. The van der Waals surface area contributed by atoms with E-state index < -0.39 is 12.1 Å². The minimum Gasteiger partial charge on any atom is -0.326 e. The molecular formula is C25H22ClN5O2S. The molecule has 0 saturated carbocycles. The first kappa shape index (κ1) is 23.4. The molecule has 34 heavy (non-hydrogen) atoms. The zero-order valence-electron chi connectivity index (χ0n) is 18.3. The lowest BCUT2D eigenvalue weighted by Gasteiger charge is -2.18. The molecule has 3 aromatic carbocycles. The van der Waals surface area contributed by atoms with Crippen molar-refractivity contribution in [3.05, 3.63) is 95.0 Å². The molecule has 0 radical (unpaired) electrons. The monoisotopic (exact) mass is 491 g/mol. The van der Waals surface area contributed by atoms with Gasteiger partial charge in [0.15, 0.2) is 0 Å². The number of aromatic nitrogens is 2. The number of hydrogen-bond acceptors (Lipinski definition) is 5. The number of nitrogens with one attached hydrogen (secondary N) is 3. The first-order chi connectivity index (χ1) is 16.5. The Kier molecular flexibility index (Phi) is 7.51. The van der Waals surface area contributed by atoms with Crippen molar-refractivity contribution in [1.29, 1.82) is 0 Å². The summed E-state index contributed by atoms with van der Waals surface area (Å²) < 4.78 is 0. The molecule has 0 saturated heterocycles. The second-order valence-electron chi connectivity index (χ2n) is 7.56. The van der Waals surface area contributed by atoms with Crippen molar-refractivity contribution in [2.45, 2.75) is 19.4 Å². The molecule has 0 spiro atoms. The Labute approximate surface area is 206 Å². The normalized spacial score (nSPS) is 11.5. The molecule has 4 rings (SSSR count). The van der Waals surface area contributed by atoms with E-state index in [-0.39, 0.29) is 5.91 Å². The van der Waals surface area contributed by atoms with Crippen LogP contribution in [0.15, 0.2) is 78.9 Å². The highest BCUT2D eigenvalue weighted by Gasteiger charge is 2.23. The molecule has 0 aliphatic carbocycles. The van der Waals surface area contributed by atoms with Gasteiger partial charge in [0.1, 0.15) is 11.0 Å². The van der Waals surface area contributed by atoms with Crippen molar-refractivity contribution in [2.75, 3.05) is 10.6 Å². The van der Waals surface area contributed by atoms with Gasteiger partial charge in [0, 0.05) is 22.7 Å². The molecule has 9 heteroatoms. The zero-order chi connectivity index (χ0) is 23.9. The molecular weight excluding hydrogens is 470 g/mol. The van der Waals surface area contributed by atoms with Crippen molar-refractivity contribution >= 4 is 45.7 Å². The molecule has 1 aromatic heterocycles. The molecule has 4 aromatic rings. The number of carbonyl (C=O) groups excluding carboxylic acids is 2. The summed E-state index contributed by atoms with van der Waals surface area (Å²) in [5.74, 6) is -0.386. The quantitative estimate of drug-likeness (QED) is 0.316. The van der Waals surface area contributed by atoms with Gasteiger partial charge in [-0.1, -0.05) is 83.6 Å². The molecule has 3 N–H and O–H groups in total. The summed E-state index contributed by atoms with van der Waals surface area (Å²) in [5.41, 5.74) is 3.36. The van der Waals surface area contributed by atoms with E-state index >= 15 is 0 Å². The predicted molar refractivity (Wildman–Crippen MR) is 136 cm³/mol. The Balaban J connectivity index is 1.48. The molecule has 7 nitrogen and oxygen atoms in total. The van der Waals surface area contributed by atoms with Crippen LogP contribution in [0.25, 0.3) is 10.6 Å². The number of para-hydroxylation sites is 1. The van der Waals surface area contributed by atoms with Crippen LogP contribution in [0.5, 0.6) is 0 Å². The Morgan fingerprint density at radius 2 is 1.62 bits per heavy atom. The van der Waals surface area contributed by atoms with Crippen molar-refractivity contribution in [2.24, 2.45) is 0 Å². The highest BCUT2D eigenvalue weighted by Crippen LogP contribution is 2.27. The standard InChI is InChI=1S/C25H22ClN5O2S/c1-16-7-5-6-10-20(16)27-24(33)28-21(15-17-8-3-2-4-9-17)22(32)29-25-31-30-23(34-25)18-11-13-19(26)14-12-18/h2-14,21H,15H2,1H3,(H2,27,28,33)(H,29,31,32). The van der Waals surface area contributed by atoms with Gasteiger partial charge in [-0.15, -0.1) is 10.2 Å². The number of urea groups is 1. The number of rotatable bonds is 7. The van der Waals surface area contributed by atoms with Crippen LogP contribution in [-0.2, 0) is 11.2 Å². The first-order valence-corrected chi connectivity index (χ1v) is 11.7. The van der Waals surface area contributed by atoms with Crippen LogP contribution in [0.4, 0.5) is 15.6 Å². The van der Waals surface area contributed by atoms with Crippen molar-refractivity contribution in [1.82, 2.24) is 15.5 Å². The molecule has 172 valence electrons. The maximum atomic E-state index is 13.1. The lowest BCUT2D eigenvalue weighted by atomic mass is 10.1. The van der Waals surface area contributed by atoms with Gasteiger partial charge >= 0.3 is 6.03 Å². The van der Waals surface area contributed by atoms with E-state index in [9.17, 15) is 9.59 Å². The van der Waals surface area contributed by atoms with Gasteiger partial charge in [-0.2, -0.15) is 0 Å². The van der Waals surface area contributed by atoms with Gasteiger partial charge in [-0.3, -0.25) is 10.1 Å². The average Bonchev–Trinajstić information content (AvgIpc) is 3.29. The summed E-state index contributed by atoms with van der Waals surface area (Å²) >= 11 is 7.19. The second-order valence-corrected chi connectivity index (χ2v) is 8.98. The largest absolute Gasteiger partial charge is 0.326 e. The van der Waals surface area contributed by atoms with Gasteiger partial charge < -0.3 is 10.6 Å². The lowest BCUT2D eigenvalue weighted by molar-refractivity contribution is -0.117. The Hall–Kier alpha value is -3.75. The van der Waals surface area contributed by atoms with Crippen LogP contribution < -0.4 is 16.0 Å². The number of benzene rings is 3. The van der Waals surface area contributed by atoms with Gasteiger partial charge in [0.25, 0.3) is 0 Å². The Morgan fingerprint density at radius 1 is 0.912 bits per heavy atom. The third-order valence-electron chi connectivity index (χ3n) is 5.04. The lowest BCUT2D eigenvalue weighted by Crippen LogP contribution is -2.47. The number of carbonyl (C=O) groups is 2. The summed E-state index contributed by atoms with van der Waals surface area (Å²) in [5, 5.41) is 18.2. The number of aryl methyl sites for hydroxylation is 1. The van der Waals surface area contributed by atoms with E-state index in [4.69, 9.17) is 11.6 Å². The van der Waals surface area contributed by atoms with Crippen LogP contribution in [0.2, 0.25) is 5.02 Å². The van der Waals surface area contributed by atoms with E-state index in [0.717, 1.165) is 16.7 Å².